The summed E-state index contributed by atoms with van der Waals surface area (Å²) >= 11 is 0. The fourth-order valence-electron chi connectivity index (χ4n) is 3.04. The van der Waals surface area contributed by atoms with Crippen LogP contribution >= 0.6 is 0 Å². The highest BCUT2D eigenvalue weighted by Gasteiger charge is 2.31. The Labute approximate surface area is 108 Å². The van der Waals surface area contributed by atoms with Gasteiger partial charge in [-0.1, -0.05) is 25.1 Å². The Morgan fingerprint density at radius 3 is 2.72 bits per heavy atom. The molecule has 1 aromatic carbocycles. The van der Waals surface area contributed by atoms with Gasteiger partial charge in [-0.05, 0) is 42.0 Å². The van der Waals surface area contributed by atoms with E-state index in [2.05, 4.69) is 36.2 Å². The maximum Gasteiger partial charge on any atom is 0.0991 e. The SMILES string of the molecule is C[C@H]1CC[C@H](c2ccc(C#N)cc2)C2=CCN=C21. The Bertz CT molecular complexity index is 558. The molecule has 1 fully saturated rings. The van der Waals surface area contributed by atoms with Gasteiger partial charge in [0.25, 0.3) is 0 Å². The van der Waals surface area contributed by atoms with Crippen molar-refractivity contribution in [2.75, 3.05) is 6.54 Å². The molecule has 0 radical (unpaired) electrons. The largest absolute Gasteiger partial charge is 0.285 e. The Hall–Kier alpha value is -1.88. The van der Waals surface area contributed by atoms with Crippen LogP contribution in [-0.4, -0.2) is 12.3 Å². The van der Waals surface area contributed by atoms with E-state index in [0.29, 0.717) is 11.8 Å². The Morgan fingerprint density at radius 2 is 2.00 bits per heavy atom. The summed E-state index contributed by atoms with van der Waals surface area (Å²) in [4.78, 5) is 4.62. The molecule has 18 heavy (non-hydrogen) atoms. The van der Waals surface area contributed by atoms with Gasteiger partial charge in [-0.25, -0.2) is 0 Å². The number of rotatable bonds is 1. The molecule has 1 saturated carbocycles. The minimum absolute atomic E-state index is 0.482. The number of benzene rings is 1. The quantitative estimate of drug-likeness (QED) is 0.735. The van der Waals surface area contributed by atoms with E-state index in [0.717, 1.165) is 12.1 Å². The van der Waals surface area contributed by atoms with Gasteiger partial charge in [-0.3, -0.25) is 4.99 Å². The molecule has 0 spiro atoms. The third-order valence-electron chi connectivity index (χ3n) is 4.04. The topological polar surface area (TPSA) is 36.1 Å². The van der Waals surface area contributed by atoms with Gasteiger partial charge in [0.05, 0.1) is 18.2 Å². The van der Waals surface area contributed by atoms with Gasteiger partial charge in [0.15, 0.2) is 0 Å². The first-order valence-corrected chi connectivity index (χ1v) is 6.54. The molecule has 2 nitrogen and oxygen atoms in total. The molecule has 0 aromatic heterocycles. The van der Waals surface area contributed by atoms with E-state index in [4.69, 9.17) is 5.26 Å². The molecule has 2 atom stereocenters. The predicted octanol–water partition coefficient (Wildman–Crippen LogP) is 3.45. The van der Waals surface area contributed by atoms with Crippen molar-refractivity contribution in [2.24, 2.45) is 10.9 Å². The summed E-state index contributed by atoms with van der Waals surface area (Å²) in [6.45, 7) is 3.12. The minimum Gasteiger partial charge on any atom is -0.285 e. The van der Waals surface area contributed by atoms with E-state index in [-0.39, 0.29) is 0 Å². The first-order chi connectivity index (χ1) is 8.79. The second-order valence-electron chi connectivity index (χ2n) is 5.15. The van der Waals surface area contributed by atoms with Crippen molar-refractivity contribution in [3.63, 3.8) is 0 Å². The molecule has 1 aliphatic heterocycles. The average Bonchev–Trinajstić information content (AvgIpc) is 2.90. The highest BCUT2D eigenvalue weighted by molar-refractivity contribution is 6.05. The number of hydrogen-bond acceptors (Lipinski definition) is 2. The molecular weight excluding hydrogens is 220 g/mol. The standard InChI is InChI=1S/C16H16N2/c1-11-2-7-14(15-8-9-18-16(11)15)13-5-3-12(10-17)4-6-13/h3-6,8,11,14H,2,7,9H2,1H3/t11-,14+/m0/s1. The molecule has 1 aliphatic carbocycles. The summed E-state index contributed by atoms with van der Waals surface area (Å²) in [5, 5.41) is 8.84. The smallest absolute Gasteiger partial charge is 0.0991 e. The highest BCUT2D eigenvalue weighted by Crippen LogP contribution is 2.40. The van der Waals surface area contributed by atoms with Crippen LogP contribution in [0.1, 0.15) is 36.8 Å². The number of nitriles is 1. The fourth-order valence-corrected chi connectivity index (χ4v) is 3.04. The zero-order chi connectivity index (χ0) is 12.5. The van der Waals surface area contributed by atoms with Crippen LogP contribution in [-0.2, 0) is 0 Å². The van der Waals surface area contributed by atoms with Crippen molar-refractivity contribution >= 4 is 5.71 Å². The highest BCUT2D eigenvalue weighted by atomic mass is 14.8. The van der Waals surface area contributed by atoms with Gasteiger partial charge in [0, 0.05) is 11.6 Å². The molecule has 0 N–H and O–H groups in total. The van der Waals surface area contributed by atoms with Gasteiger partial charge in [0.1, 0.15) is 0 Å². The van der Waals surface area contributed by atoms with Gasteiger partial charge in [0.2, 0.25) is 0 Å². The van der Waals surface area contributed by atoms with Crippen LogP contribution in [0.5, 0.6) is 0 Å². The van der Waals surface area contributed by atoms with Gasteiger partial charge in [-0.2, -0.15) is 5.26 Å². The molecule has 2 heteroatoms. The maximum absolute atomic E-state index is 8.84. The van der Waals surface area contributed by atoms with Crippen molar-refractivity contribution in [3.05, 3.63) is 47.0 Å². The molecule has 90 valence electrons. The predicted molar refractivity (Wildman–Crippen MR) is 72.7 cm³/mol. The lowest BCUT2D eigenvalue weighted by molar-refractivity contribution is 0.560. The van der Waals surface area contributed by atoms with Crippen LogP contribution in [0, 0.1) is 17.2 Å². The molecule has 3 rings (SSSR count). The lowest BCUT2D eigenvalue weighted by Gasteiger charge is -2.29. The molecule has 0 unspecified atom stereocenters. The van der Waals surface area contributed by atoms with Crippen molar-refractivity contribution in [1.29, 1.82) is 5.26 Å². The first-order valence-electron chi connectivity index (χ1n) is 6.54. The van der Waals surface area contributed by atoms with Crippen molar-refractivity contribution in [3.8, 4) is 6.07 Å². The molecule has 1 aromatic rings. The van der Waals surface area contributed by atoms with Gasteiger partial charge < -0.3 is 0 Å². The molecular formula is C16H16N2. The van der Waals surface area contributed by atoms with Crippen LogP contribution in [0.25, 0.3) is 0 Å². The second kappa shape index (κ2) is 4.42. The van der Waals surface area contributed by atoms with E-state index < -0.39 is 0 Å². The minimum atomic E-state index is 0.482. The first kappa shape index (κ1) is 11.2. The lowest BCUT2D eigenvalue weighted by Crippen LogP contribution is -2.23. The Kier molecular flexibility index (Phi) is 2.76. The Balaban J connectivity index is 1.93. The van der Waals surface area contributed by atoms with E-state index >= 15 is 0 Å². The van der Waals surface area contributed by atoms with Crippen LogP contribution in [0.15, 0.2) is 40.9 Å². The van der Waals surface area contributed by atoms with Crippen LogP contribution < -0.4 is 0 Å². The lowest BCUT2D eigenvalue weighted by atomic mass is 9.75. The monoisotopic (exact) mass is 236 g/mol. The fraction of sp³-hybridized carbons (Fsp3) is 0.375. The van der Waals surface area contributed by atoms with Crippen molar-refractivity contribution in [2.45, 2.75) is 25.7 Å². The summed E-state index contributed by atoms with van der Waals surface area (Å²) in [5.41, 5.74) is 4.80. The summed E-state index contributed by atoms with van der Waals surface area (Å²) in [6, 6.07) is 10.2. The van der Waals surface area contributed by atoms with E-state index in [9.17, 15) is 0 Å². The zero-order valence-corrected chi connectivity index (χ0v) is 10.6. The van der Waals surface area contributed by atoms with Gasteiger partial charge >= 0.3 is 0 Å². The van der Waals surface area contributed by atoms with Crippen LogP contribution in [0.2, 0.25) is 0 Å². The zero-order valence-electron chi connectivity index (χ0n) is 10.6. The van der Waals surface area contributed by atoms with E-state index in [1.54, 1.807) is 0 Å². The summed E-state index contributed by atoms with van der Waals surface area (Å²) < 4.78 is 0. The second-order valence-corrected chi connectivity index (χ2v) is 5.15. The van der Waals surface area contributed by atoms with E-state index in [1.165, 1.54) is 29.7 Å². The number of nitrogens with zero attached hydrogens (tertiary/aromatic N) is 2. The average molecular weight is 236 g/mol. The van der Waals surface area contributed by atoms with E-state index in [1.807, 2.05) is 12.1 Å². The Morgan fingerprint density at radius 1 is 1.22 bits per heavy atom. The van der Waals surface area contributed by atoms with Crippen LogP contribution in [0.3, 0.4) is 0 Å². The summed E-state index contributed by atoms with van der Waals surface area (Å²) in [6.07, 6.45) is 4.67. The maximum atomic E-state index is 8.84. The summed E-state index contributed by atoms with van der Waals surface area (Å²) in [5.74, 6) is 1.09. The normalized spacial score (nSPS) is 26.0. The van der Waals surface area contributed by atoms with Crippen molar-refractivity contribution in [1.82, 2.24) is 0 Å². The molecule has 2 aliphatic rings. The molecule has 1 heterocycles. The number of aliphatic imine (C=N–C) groups is 1. The van der Waals surface area contributed by atoms with Crippen LogP contribution in [0.4, 0.5) is 0 Å². The number of fused-ring (bicyclic) bond motifs is 1. The molecule has 0 saturated heterocycles. The number of allylic oxidation sites excluding steroid dienone is 1. The summed E-state index contributed by atoms with van der Waals surface area (Å²) in [7, 11) is 0. The third-order valence-corrected chi connectivity index (χ3v) is 4.04. The number of hydrogen-bond donors (Lipinski definition) is 0. The molecule has 0 amide bonds. The molecule has 0 bridgehead atoms. The van der Waals surface area contributed by atoms with Crippen molar-refractivity contribution < 1.29 is 0 Å². The van der Waals surface area contributed by atoms with Gasteiger partial charge in [-0.15, -0.1) is 0 Å². The third kappa shape index (κ3) is 1.76.